The van der Waals surface area contributed by atoms with E-state index in [-0.39, 0.29) is 36.5 Å². The van der Waals surface area contributed by atoms with Crippen molar-refractivity contribution in [2.45, 2.75) is 59.5 Å². The van der Waals surface area contributed by atoms with Crippen LogP contribution in [-0.4, -0.2) is 20.4 Å². The Balaban J connectivity index is 2.02. The lowest BCUT2D eigenvalue weighted by Crippen LogP contribution is -2.41. The number of hydrogen-bond acceptors (Lipinski definition) is 7. The van der Waals surface area contributed by atoms with Crippen LogP contribution in [0.1, 0.15) is 54.3 Å². The van der Waals surface area contributed by atoms with E-state index in [0.717, 1.165) is 6.42 Å². The number of amides is 1. The summed E-state index contributed by atoms with van der Waals surface area (Å²) in [5.74, 6) is -0.121. The lowest BCUT2D eigenvalue weighted by atomic mass is 9.99. The average Bonchev–Trinajstić information content (AvgIpc) is 3.31. The van der Waals surface area contributed by atoms with Gasteiger partial charge in [0.1, 0.15) is 23.2 Å². The zero-order chi connectivity index (χ0) is 25.7. The van der Waals surface area contributed by atoms with Crippen molar-refractivity contribution in [2.24, 2.45) is 0 Å². The number of carbonyl (C=O) groups is 1. The molecule has 3 aromatic heterocycles. The van der Waals surface area contributed by atoms with Gasteiger partial charge in [0.15, 0.2) is 5.69 Å². The van der Waals surface area contributed by atoms with E-state index in [4.69, 9.17) is 10.2 Å². The maximum atomic E-state index is 13.5. The first-order valence-corrected chi connectivity index (χ1v) is 11.3. The summed E-state index contributed by atoms with van der Waals surface area (Å²) < 4.78 is 6.64. The Kier molecular flexibility index (Phi) is 7.76. The minimum Gasteiger partial charge on any atom is -0.467 e. The highest BCUT2D eigenvalue weighted by molar-refractivity contribution is 5.95. The van der Waals surface area contributed by atoms with Crippen molar-refractivity contribution in [3.8, 4) is 6.07 Å². The number of nitrogens with two attached hydrogens (primary N) is 1. The molecule has 3 aromatic rings. The lowest BCUT2D eigenvalue weighted by Gasteiger charge is -2.24. The monoisotopic (exact) mass is 480 g/mol. The predicted molar refractivity (Wildman–Crippen MR) is 130 cm³/mol. The maximum Gasteiger partial charge on any atom is 0.330 e. The molecule has 0 aromatic carbocycles. The molecule has 35 heavy (non-hydrogen) atoms. The van der Waals surface area contributed by atoms with Crippen molar-refractivity contribution in [3.63, 3.8) is 0 Å². The number of nitrogens with one attached hydrogen (secondary N) is 2. The first-order valence-electron chi connectivity index (χ1n) is 11.3. The molecule has 0 aliphatic carbocycles. The number of aromatic nitrogens is 3. The Morgan fingerprint density at radius 2 is 1.97 bits per heavy atom. The number of nitrogen functional groups attached to an aromatic ring is 1. The number of furan rings is 1. The van der Waals surface area contributed by atoms with Gasteiger partial charge in [0.2, 0.25) is 5.91 Å². The number of rotatable bonds is 9. The van der Waals surface area contributed by atoms with Gasteiger partial charge in [-0.1, -0.05) is 13.3 Å². The van der Waals surface area contributed by atoms with Crippen LogP contribution in [0.2, 0.25) is 0 Å². The van der Waals surface area contributed by atoms with Gasteiger partial charge in [-0.3, -0.25) is 28.8 Å². The van der Waals surface area contributed by atoms with Gasteiger partial charge in [-0.15, -0.1) is 0 Å². The quantitative estimate of drug-likeness (QED) is 0.419. The fraction of sp³-hybridized carbons (Fsp3) is 0.375. The van der Waals surface area contributed by atoms with Gasteiger partial charge in [-0.05, 0) is 49.9 Å². The number of carbonyl (C=O) groups excluding carboxylic acids is 1. The largest absolute Gasteiger partial charge is 0.467 e. The van der Waals surface area contributed by atoms with E-state index in [0.29, 0.717) is 35.5 Å². The van der Waals surface area contributed by atoms with Crippen LogP contribution in [0.15, 0.2) is 37.2 Å². The van der Waals surface area contributed by atoms with E-state index >= 15 is 0 Å². The standard InChI is InChI=1S/C24H28N6O5/c1-4-5-10-29-21(26)20(23(33)28-24(29)34)30(13-16-7-6-11-35-16)19(31)9-8-17-14(2)18(12-25)22(32)27-15(17)3/h6-7,11H,4-5,8-10,13,26H2,1-3H3,(H,27,32)(H,28,33,34). The molecule has 0 bridgehead atoms. The summed E-state index contributed by atoms with van der Waals surface area (Å²) in [7, 11) is 0. The molecule has 0 radical (unpaired) electrons. The van der Waals surface area contributed by atoms with Gasteiger partial charge >= 0.3 is 5.69 Å². The number of aryl methyl sites for hydroxylation is 1. The molecule has 0 unspecified atom stereocenters. The zero-order valence-corrected chi connectivity index (χ0v) is 19.9. The van der Waals surface area contributed by atoms with E-state index in [1.165, 1.54) is 15.7 Å². The van der Waals surface area contributed by atoms with Crippen molar-refractivity contribution < 1.29 is 9.21 Å². The minimum absolute atomic E-state index is 0.00539. The molecule has 11 nitrogen and oxygen atoms in total. The van der Waals surface area contributed by atoms with Crippen LogP contribution in [-0.2, 0) is 24.3 Å². The fourth-order valence-corrected chi connectivity index (χ4v) is 4.01. The third kappa shape index (κ3) is 5.27. The molecule has 3 heterocycles. The predicted octanol–water partition coefficient (Wildman–Crippen LogP) is 1.85. The molecule has 0 saturated heterocycles. The van der Waals surface area contributed by atoms with Gasteiger partial charge in [0.05, 0.1) is 12.8 Å². The Morgan fingerprint density at radius 1 is 1.23 bits per heavy atom. The number of pyridine rings is 1. The van der Waals surface area contributed by atoms with Crippen LogP contribution in [0.3, 0.4) is 0 Å². The third-order valence-electron chi connectivity index (χ3n) is 5.92. The highest BCUT2D eigenvalue weighted by Crippen LogP contribution is 2.23. The highest BCUT2D eigenvalue weighted by Gasteiger charge is 2.26. The fourth-order valence-electron chi connectivity index (χ4n) is 4.01. The van der Waals surface area contributed by atoms with Crippen molar-refractivity contribution in [3.05, 3.63) is 77.7 Å². The van der Waals surface area contributed by atoms with Crippen LogP contribution in [0.25, 0.3) is 0 Å². The Hall–Kier alpha value is -4.33. The van der Waals surface area contributed by atoms with Gasteiger partial charge in [-0.2, -0.15) is 5.26 Å². The summed E-state index contributed by atoms with van der Waals surface area (Å²) >= 11 is 0. The molecule has 184 valence electrons. The third-order valence-corrected chi connectivity index (χ3v) is 5.92. The number of anilines is 2. The number of unbranched alkanes of at least 4 members (excludes halogenated alkanes) is 1. The van der Waals surface area contributed by atoms with Crippen LogP contribution in [0.4, 0.5) is 11.5 Å². The molecule has 0 fully saturated rings. The summed E-state index contributed by atoms with van der Waals surface area (Å²) in [4.78, 5) is 56.7. The number of H-pyrrole nitrogens is 2. The Bertz CT molecular complexity index is 1440. The van der Waals surface area contributed by atoms with Crippen LogP contribution < -0.4 is 27.4 Å². The lowest BCUT2D eigenvalue weighted by molar-refractivity contribution is -0.118. The van der Waals surface area contributed by atoms with E-state index < -0.39 is 22.7 Å². The first-order chi connectivity index (χ1) is 16.7. The second kappa shape index (κ2) is 10.7. The van der Waals surface area contributed by atoms with E-state index in [9.17, 15) is 24.4 Å². The molecule has 0 aliphatic heterocycles. The minimum atomic E-state index is -0.775. The Morgan fingerprint density at radius 3 is 2.60 bits per heavy atom. The van der Waals surface area contributed by atoms with Crippen LogP contribution in [0, 0.1) is 25.2 Å². The van der Waals surface area contributed by atoms with E-state index in [2.05, 4.69) is 9.97 Å². The normalized spacial score (nSPS) is 10.8. The molecule has 11 heteroatoms. The SMILES string of the molecule is CCCCn1c(N)c(N(Cc2ccco2)C(=O)CCc2c(C)[nH]c(=O)c(C#N)c2C)c(=O)[nH]c1=O. The molecule has 0 atom stereocenters. The molecular formula is C24H28N6O5. The second-order valence-corrected chi connectivity index (χ2v) is 8.23. The first kappa shape index (κ1) is 25.3. The summed E-state index contributed by atoms with van der Waals surface area (Å²) in [5.41, 5.74) is 5.95. The smallest absolute Gasteiger partial charge is 0.330 e. The Labute approximate surface area is 200 Å². The summed E-state index contributed by atoms with van der Waals surface area (Å²) in [6.07, 6.45) is 3.08. The van der Waals surface area contributed by atoms with Gasteiger partial charge in [0, 0.05) is 18.7 Å². The summed E-state index contributed by atoms with van der Waals surface area (Å²) in [6, 6.07) is 5.21. The summed E-state index contributed by atoms with van der Waals surface area (Å²) in [5, 5.41) is 9.31. The van der Waals surface area contributed by atoms with Crippen molar-refractivity contribution in [2.75, 3.05) is 10.6 Å². The highest BCUT2D eigenvalue weighted by atomic mass is 16.3. The molecule has 0 aliphatic rings. The summed E-state index contributed by atoms with van der Waals surface area (Å²) in [6.45, 7) is 5.54. The maximum absolute atomic E-state index is 13.5. The number of nitriles is 1. The van der Waals surface area contributed by atoms with Gasteiger partial charge in [0.25, 0.3) is 11.1 Å². The number of hydrogen-bond donors (Lipinski definition) is 3. The molecule has 0 spiro atoms. The molecule has 0 saturated carbocycles. The van der Waals surface area contributed by atoms with Crippen molar-refractivity contribution in [1.29, 1.82) is 5.26 Å². The van der Waals surface area contributed by atoms with Crippen molar-refractivity contribution in [1.82, 2.24) is 14.5 Å². The topological polar surface area (TPSA) is 171 Å². The average molecular weight is 481 g/mol. The second-order valence-electron chi connectivity index (χ2n) is 8.23. The van der Waals surface area contributed by atoms with Crippen LogP contribution in [0.5, 0.6) is 0 Å². The van der Waals surface area contributed by atoms with E-state index in [1.54, 1.807) is 26.0 Å². The number of aromatic amines is 2. The number of nitrogens with zero attached hydrogens (tertiary/aromatic N) is 3. The zero-order valence-electron chi connectivity index (χ0n) is 19.9. The van der Waals surface area contributed by atoms with Gasteiger partial charge in [-0.25, -0.2) is 4.79 Å². The molecular weight excluding hydrogens is 452 g/mol. The van der Waals surface area contributed by atoms with Gasteiger partial charge < -0.3 is 15.1 Å². The van der Waals surface area contributed by atoms with Crippen LogP contribution >= 0.6 is 0 Å². The molecule has 1 amide bonds. The molecule has 4 N–H and O–H groups in total. The van der Waals surface area contributed by atoms with Crippen molar-refractivity contribution >= 4 is 17.4 Å². The molecule has 3 rings (SSSR count). The van der Waals surface area contributed by atoms with E-state index in [1.807, 2.05) is 13.0 Å².